The fraction of sp³-hybridized carbons (Fsp3) is 0.429. The van der Waals surface area contributed by atoms with Crippen LogP contribution in [0.2, 0.25) is 0 Å². The first-order chi connectivity index (χ1) is 5.65. The van der Waals surface area contributed by atoms with E-state index in [-0.39, 0.29) is 36.2 Å². The van der Waals surface area contributed by atoms with Crippen LogP contribution in [-0.2, 0) is 19.1 Å². The van der Waals surface area contributed by atoms with Crippen molar-refractivity contribution < 1.29 is 53.7 Å². The molecule has 5 nitrogen and oxygen atoms in total. The summed E-state index contributed by atoms with van der Waals surface area (Å²) in [6, 6.07) is 0. The van der Waals surface area contributed by atoms with Gasteiger partial charge in [0, 0.05) is 6.08 Å². The number of esters is 2. The molecular formula is C7H7NaO5. The number of hydrogen-bond donors (Lipinski definition) is 0. The molecule has 1 rings (SSSR count). The molecule has 0 saturated carbocycles. The second-order valence-corrected chi connectivity index (χ2v) is 2.12. The third-order valence-electron chi connectivity index (χ3n) is 1.25. The van der Waals surface area contributed by atoms with Crippen molar-refractivity contribution in [2.75, 3.05) is 6.61 Å². The van der Waals surface area contributed by atoms with Gasteiger partial charge in [-0.25, -0.2) is 9.59 Å². The number of carbonyl (C=O) groups excluding carboxylic acids is 2. The molecule has 0 radical (unpaired) electrons. The fourth-order valence-electron chi connectivity index (χ4n) is 0.782. The van der Waals surface area contributed by atoms with Crippen LogP contribution in [0.25, 0.3) is 0 Å². The van der Waals surface area contributed by atoms with E-state index in [1.54, 1.807) is 6.92 Å². The summed E-state index contributed by atoms with van der Waals surface area (Å²) in [5.41, 5.74) is 0. The first-order valence-corrected chi connectivity index (χ1v) is 3.41. The van der Waals surface area contributed by atoms with E-state index >= 15 is 0 Å². The molecule has 0 aromatic carbocycles. The minimum Gasteiger partial charge on any atom is -0.872 e. The predicted octanol–water partition coefficient (Wildman–Crippen LogP) is -4.28. The Bertz CT molecular complexity index is 247. The van der Waals surface area contributed by atoms with Crippen LogP contribution in [0.5, 0.6) is 0 Å². The van der Waals surface area contributed by atoms with Crippen molar-refractivity contribution in [2.24, 2.45) is 0 Å². The van der Waals surface area contributed by atoms with Gasteiger partial charge in [0.25, 0.3) is 0 Å². The molecule has 1 aliphatic rings. The normalized spacial score (nSPS) is 19.9. The van der Waals surface area contributed by atoms with E-state index in [2.05, 4.69) is 9.47 Å². The molecule has 0 bridgehead atoms. The van der Waals surface area contributed by atoms with Gasteiger partial charge in [-0.2, -0.15) is 0 Å². The zero-order chi connectivity index (χ0) is 9.14. The maximum absolute atomic E-state index is 10.9. The minimum atomic E-state index is -1.38. The summed E-state index contributed by atoms with van der Waals surface area (Å²) in [5, 5.41) is 10.8. The predicted molar refractivity (Wildman–Crippen MR) is 34.6 cm³/mol. The quantitative estimate of drug-likeness (QED) is 0.328. The zero-order valence-electron chi connectivity index (χ0n) is 7.40. The van der Waals surface area contributed by atoms with Gasteiger partial charge in [-0.15, -0.1) is 0 Å². The van der Waals surface area contributed by atoms with E-state index in [0.29, 0.717) is 0 Å². The van der Waals surface area contributed by atoms with Crippen LogP contribution >= 0.6 is 0 Å². The second-order valence-electron chi connectivity index (χ2n) is 2.12. The Morgan fingerprint density at radius 1 is 1.77 bits per heavy atom. The van der Waals surface area contributed by atoms with Crippen molar-refractivity contribution >= 4 is 11.9 Å². The maximum atomic E-state index is 10.9. The Hall–Kier alpha value is -0.520. The summed E-state index contributed by atoms with van der Waals surface area (Å²) < 4.78 is 8.86. The molecule has 66 valence electrons. The van der Waals surface area contributed by atoms with E-state index in [4.69, 9.17) is 0 Å². The molecule has 1 heterocycles. The minimum absolute atomic E-state index is 0. The molecule has 1 unspecified atom stereocenters. The van der Waals surface area contributed by atoms with Crippen LogP contribution in [0.15, 0.2) is 11.8 Å². The molecule has 0 saturated heterocycles. The summed E-state index contributed by atoms with van der Waals surface area (Å²) in [6.07, 6.45) is -0.640. The molecule has 0 aliphatic carbocycles. The van der Waals surface area contributed by atoms with Crippen molar-refractivity contribution in [3.05, 3.63) is 11.8 Å². The summed E-state index contributed by atoms with van der Waals surface area (Å²) in [5.74, 6) is -2.26. The van der Waals surface area contributed by atoms with Crippen LogP contribution in [-0.4, -0.2) is 24.6 Å². The first-order valence-electron chi connectivity index (χ1n) is 3.41. The number of rotatable bonds is 2. The van der Waals surface area contributed by atoms with Crippen molar-refractivity contribution in [2.45, 2.75) is 13.0 Å². The monoisotopic (exact) mass is 194 g/mol. The average Bonchev–Trinajstić information content (AvgIpc) is 2.30. The van der Waals surface area contributed by atoms with Crippen molar-refractivity contribution in [3.8, 4) is 0 Å². The molecule has 0 amide bonds. The molecular weight excluding hydrogens is 187 g/mol. The molecule has 0 fully saturated rings. The Morgan fingerprint density at radius 3 is 2.77 bits per heavy atom. The summed E-state index contributed by atoms with van der Waals surface area (Å²) in [6.45, 7) is 1.75. The third kappa shape index (κ3) is 3.02. The second kappa shape index (κ2) is 5.26. The Labute approximate surface area is 97.0 Å². The molecule has 1 atom stereocenters. The molecule has 0 spiro atoms. The van der Waals surface area contributed by atoms with Gasteiger partial charge in [-0.1, -0.05) is 5.76 Å². The van der Waals surface area contributed by atoms with E-state index in [0.717, 1.165) is 6.08 Å². The Balaban J connectivity index is 0.00000144. The molecule has 13 heavy (non-hydrogen) atoms. The van der Waals surface area contributed by atoms with Gasteiger partial charge in [0.05, 0.1) is 6.61 Å². The van der Waals surface area contributed by atoms with Gasteiger partial charge >= 0.3 is 41.5 Å². The smallest absolute Gasteiger partial charge is 0.872 e. The van der Waals surface area contributed by atoms with Crippen LogP contribution in [0.4, 0.5) is 0 Å². The number of hydrogen-bond acceptors (Lipinski definition) is 5. The van der Waals surface area contributed by atoms with E-state index in [1.807, 2.05) is 0 Å². The first kappa shape index (κ1) is 12.5. The third-order valence-corrected chi connectivity index (χ3v) is 1.25. The Morgan fingerprint density at radius 2 is 2.38 bits per heavy atom. The summed E-state index contributed by atoms with van der Waals surface area (Å²) in [4.78, 5) is 21.3. The SMILES string of the molecule is CCOC(=O)C1OC(=O)C=C1[O-].[Na+]. The van der Waals surface area contributed by atoms with Gasteiger partial charge in [0.2, 0.25) is 6.10 Å². The number of cyclic esters (lactones) is 1. The van der Waals surface area contributed by atoms with Gasteiger partial charge in [-0.3, -0.25) is 0 Å². The maximum Gasteiger partial charge on any atom is 1.00 e. The van der Waals surface area contributed by atoms with Crippen LogP contribution < -0.4 is 34.7 Å². The standard InChI is InChI=1S/C7H8O5.Na/c1-2-11-7(10)6-4(8)3-5(9)12-6;/h3,6,8H,2H2,1H3;/q;+1/p-1. The van der Waals surface area contributed by atoms with Gasteiger partial charge in [-0.05, 0) is 6.92 Å². The topological polar surface area (TPSA) is 75.7 Å². The summed E-state index contributed by atoms with van der Waals surface area (Å²) >= 11 is 0. The van der Waals surface area contributed by atoms with Gasteiger partial charge in [0.1, 0.15) is 0 Å². The van der Waals surface area contributed by atoms with Crippen molar-refractivity contribution in [3.63, 3.8) is 0 Å². The molecule has 0 N–H and O–H groups in total. The van der Waals surface area contributed by atoms with Gasteiger partial charge in [0.15, 0.2) is 0 Å². The van der Waals surface area contributed by atoms with Crippen LogP contribution in [0.1, 0.15) is 6.92 Å². The number of ether oxygens (including phenoxy) is 2. The summed E-state index contributed by atoms with van der Waals surface area (Å²) in [7, 11) is 0. The van der Waals surface area contributed by atoms with Crippen LogP contribution in [0.3, 0.4) is 0 Å². The van der Waals surface area contributed by atoms with E-state index in [1.165, 1.54) is 0 Å². The van der Waals surface area contributed by atoms with Crippen molar-refractivity contribution in [1.82, 2.24) is 0 Å². The number of carbonyl (C=O) groups is 2. The molecule has 0 aromatic rings. The van der Waals surface area contributed by atoms with E-state index < -0.39 is 23.8 Å². The molecule has 0 aromatic heterocycles. The largest absolute Gasteiger partial charge is 1.00 e. The average molecular weight is 194 g/mol. The zero-order valence-corrected chi connectivity index (χ0v) is 9.40. The van der Waals surface area contributed by atoms with E-state index in [9.17, 15) is 14.7 Å². The fourth-order valence-corrected chi connectivity index (χ4v) is 0.782. The van der Waals surface area contributed by atoms with Crippen LogP contribution in [0, 0.1) is 0 Å². The molecule has 6 heteroatoms. The Kier molecular flexibility index (Phi) is 5.05. The van der Waals surface area contributed by atoms with Gasteiger partial charge < -0.3 is 14.6 Å². The molecule has 1 aliphatic heterocycles. The van der Waals surface area contributed by atoms with Crippen molar-refractivity contribution in [1.29, 1.82) is 0 Å².